The highest BCUT2D eigenvalue weighted by Gasteiger charge is 2.14. The first-order chi connectivity index (χ1) is 6.95. The van der Waals surface area contributed by atoms with Crippen LogP contribution in [0.3, 0.4) is 0 Å². The lowest BCUT2D eigenvalue weighted by molar-refractivity contribution is 0.0675. The largest absolute Gasteiger partial charge is 0.381 e. The molecule has 0 atom stereocenters. The van der Waals surface area contributed by atoms with Gasteiger partial charge in [0.25, 0.3) is 0 Å². The molecule has 0 spiro atoms. The zero-order valence-electron chi connectivity index (χ0n) is 8.80. The first-order valence-corrected chi connectivity index (χ1v) is 5.80. The zero-order chi connectivity index (χ0) is 9.64. The third-order valence-electron chi connectivity index (χ3n) is 3.06. The van der Waals surface area contributed by atoms with Crippen molar-refractivity contribution in [2.45, 2.75) is 32.1 Å². The number of nitrogens with one attached hydrogen (secondary N) is 1. The fraction of sp³-hybridized carbons (Fsp3) is 0.909. The molecule has 14 heavy (non-hydrogen) atoms. The summed E-state index contributed by atoms with van der Waals surface area (Å²) in [5.41, 5.74) is 0. The summed E-state index contributed by atoms with van der Waals surface area (Å²) in [6.07, 6.45) is 6.14. The standard InChI is InChI=1S/C11H20N2O/c1-2-6-12-11(3-1)13-9-10-4-7-14-8-5-10/h10H,1-9H2,(H,12,13). The van der Waals surface area contributed by atoms with Gasteiger partial charge < -0.3 is 10.1 Å². The van der Waals surface area contributed by atoms with Gasteiger partial charge in [-0.05, 0) is 31.6 Å². The maximum atomic E-state index is 5.33. The molecule has 1 saturated heterocycles. The Morgan fingerprint density at radius 2 is 2.14 bits per heavy atom. The number of aliphatic imine (C=N–C) groups is 1. The van der Waals surface area contributed by atoms with Gasteiger partial charge in [-0.1, -0.05) is 0 Å². The average molecular weight is 196 g/mol. The average Bonchev–Trinajstić information content (AvgIpc) is 2.29. The van der Waals surface area contributed by atoms with E-state index in [4.69, 9.17) is 4.74 Å². The maximum absolute atomic E-state index is 5.33. The van der Waals surface area contributed by atoms with E-state index in [1.165, 1.54) is 31.5 Å². The van der Waals surface area contributed by atoms with Gasteiger partial charge in [0.15, 0.2) is 0 Å². The fourth-order valence-electron chi connectivity index (χ4n) is 2.05. The number of hydrogen-bond donors (Lipinski definition) is 1. The van der Waals surface area contributed by atoms with Gasteiger partial charge in [-0.3, -0.25) is 4.99 Å². The van der Waals surface area contributed by atoms with Gasteiger partial charge in [0, 0.05) is 32.7 Å². The van der Waals surface area contributed by atoms with Crippen molar-refractivity contribution in [2.75, 3.05) is 26.3 Å². The number of ether oxygens (including phenoxy) is 1. The van der Waals surface area contributed by atoms with Crippen molar-refractivity contribution < 1.29 is 4.74 Å². The summed E-state index contributed by atoms with van der Waals surface area (Å²) in [5, 5.41) is 3.49. The normalized spacial score (nSPS) is 24.4. The first-order valence-electron chi connectivity index (χ1n) is 5.80. The van der Waals surface area contributed by atoms with Crippen molar-refractivity contribution in [3.8, 4) is 0 Å². The second-order valence-electron chi connectivity index (χ2n) is 4.22. The quantitative estimate of drug-likeness (QED) is 0.727. The summed E-state index contributed by atoms with van der Waals surface area (Å²) in [6.45, 7) is 4.01. The molecule has 0 aromatic rings. The monoisotopic (exact) mass is 196 g/mol. The summed E-state index contributed by atoms with van der Waals surface area (Å²) >= 11 is 0. The van der Waals surface area contributed by atoms with E-state index in [-0.39, 0.29) is 0 Å². The third kappa shape index (κ3) is 2.98. The molecule has 80 valence electrons. The Morgan fingerprint density at radius 1 is 1.29 bits per heavy atom. The van der Waals surface area contributed by atoms with Crippen LogP contribution < -0.4 is 5.32 Å². The van der Waals surface area contributed by atoms with Crippen molar-refractivity contribution in [3.05, 3.63) is 0 Å². The van der Waals surface area contributed by atoms with Gasteiger partial charge in [0.1, 0.15) is 0 Å². The Bertz CT molecular complexity index is 197. The highest BCUT2D eigenvalue weighted by Crippen LogP contribution is 2.13. The van der Waals surface area contributed by atoms with E-state index in [0.717, 1.165) is 38.6 Å². The molecule has 2 heterocycles. The van der Waals surface area contributed by atoms with Crippen LogP contribution in [0.2, 0.25) is 0 Å². The topological polar surface area (TPSA) is 33.6 Å². The van der Waals surface area contributed by atoms with Crippen LogP contribution in [-0.2, 0) is 4.74 Å². The molecule has 0 aliphatic carbocycles. The van der Waals surface area contributed by atoms with E-state index in [1.54, 1.807) is 0 Å². The maximum Gasteiger partial charge on any atom is 0.0963 e. The highest BCUT2D eigenvalue weighted by molar-refractivity contribution is 5.82. The SMILES string of the molecule is C1CCC(NCC2CCOCC2)=NC1. The predicted octanol–water partition coefficient (Wildman–Crippen LogP) is 1.58. The molecule has 0 unspecified atom stereocenters. The third-order valence-corrected chi connectivity index (χ3v) is 3.06. The minimum atomic E-state index is 0.799. The van der Waals surface area contributed by atoms with Crippen molar-refractivity contribution >= 4 is 5.84 Å². The van der Waals surface area contributed by atoms with Crippen molar-refractivity contribution in [2.24, 2.45) is 10.9 Å². The molecule has 0 aromatic carbocycles. The van der Waals surface area contributed by atoms with E-state index in [1.807, 2.05) is 0 Å². The summed E-state index contributed by atoms with van der Waals surface area (Å²) in [6, 6.07) is 0. The molecule has 0 amide bonds. The van der Waals surface area contributed by atoms with Crippen molar-refractivity contribution in [3.63, 3.8) is 0 Å². The number of nitrogens with zero attached hydrogens (tertiary/aromatic N) is 1. The Morgan fingerprint density at radius 3 is 2.86 bits per heavy atom. The molecular weight excluding hydrogens is 176 g/mol. The van der Waals surface area contributed by atoms with Gasteiger partial charge in [-0.15, -0.1) is 0 Å². The van der Waals surface area contributed by atoms with Crippen LogP contribution in [0.1, 0.15) is 32.1 Å². The van der Waals surface area contributed by atoms with Crippen LogP contribution in [0.4, 0.5) is 0 Å². The Hall–Kier alpha value is -0.570. The molecule has 0 saturated carbocycles. The minimum absolute atomic E-state index is 0.799. The summed E-state index contributed by atoms with van der Waals surface area (Å²) < 4.78 is 5.33. The van der Waals surface area contributed by atoms with Crippen LogP contribution >= 0.6 is 0 Å². The van der Waals surface area contributed by atoms with E-state index in [2.05, 4.69) is 10.3 Å². The summed E-state index contributed by atoms with van der Waals surface area (Å²) in [7, 11) is 0. The zero-order valence-corrected chi connectivity index (χ0v) is 8.80. The van der Waals surface area contributed by atoms with Gasteiger partial charge in [0.05, 0.1) is 5.84 Å². The molecule has 1 fully saturated rings. The number of amidine groups is 1. The lowest BCUT2D eigenvalue weighted by Crippen LogP contribution is -2.33. The first kappa shape index (κ1) is 9.97. The lowest BCUT2D eigenvalue weighted by Gasteiger charge is -2.23. The van der Waals surface area contributed by atoms with Gasteiger partial charge in [-0.2, -0.15) is 0 Å². The molecule has 0 radical (unpaired) electrons. The van der Waals surface area contributed by atoms with Gasteiger partial charge >= 0.3 is 0 Å². The highest BCUT2D eigenvalue weighted by atomic mass is 16.5. The van der Waals surface area contributed by atoms with E-state index >= 15 is 0 Å². The van der Waals surface area contributed by atoms with E-state index in [0.29, 0.717) is 0 Å². The summed E-state index contributed by atoms with van der Waals surface area (Å²) in [4.78, 5) is 4.49. The second kappa shape index (κ2) is 5.35. The predicted molar refractivity (Wildman–Crippen MR) is 57.7 cm³/mol. The molecule has 0 bridgehead atoms. The molecule has 0 aromatic heterocycles. The molecular formula is C11H20N2O. The smallest absolute Gasteiger partial charge is 0.0963 e. The van der Waals surface area contributed by atoms with Crippen LogP contribution in [0.25, 0.3) is 0 Å². The molecule has 3 heteroatoms. The van der Waals surface area contributed by atoms with Crippen LogP contribution in [-0.4, -0.2) is 32.1 Å². The van der Waals surface area contributed by atoms with Crippen LogP contribution in [0.15, 0.2) is 4.99 Å². The molecule has 3 nitrogen and oxygen atoms in total. The van der Waals surface area contributed by atoms with Gasteiger partial charge in [-0.25, -0.2) is 0 Å². The molecule has 2 rings (SSSR count). The molecule has 2 aliphatic rings. The number of hydrogen-bond acceptors (Lipinski definition) is 3. The Balaban J connectivity index is 1.67. The second-order valence-corrected chi connectivity index (χ2v) is 4.22. The van der Waals surface area contributed by atoms with Crippen molar-refractivity contribution in [1.29, 1.82) is 0 Å². The number of rotatable bonds is 2. The fourth-order valence-corrected chi connectivity index (χ4v) is 2.05. The van der Waals surface area contributed by atoms with Crippen LogP contribution in [0.5, 0.6) is 0 Å². The van der Waals surface area contributed by atoms with Crippen LogP contribution in [0, 0.1) is 5.92 Å². The summed E-state index contributed by atoms with van der Waals surface area (Å²) in [5.74, 6) is 2.04. The lowest BCUT2D eigenvalue weighted by atomic mass is 10.0. The van der Waals surface area contributed by atoms with E-state index < -0.39 is 0 Å². The molecule has 1 N–H and O–H groups in total. The van der Waals surface area contributed by atoms with E-state index in [9.17, 15) is 0 Å². The van der Waals surface area contributed by atoms with Crippen molar-refractivity contribution in [1.82, 2.24) is 5.32 Å². The van der Waals surface area contributed by atoms with Gasteiger partial charge in [0.2, 0.25) is 0 Å². The minimum Gasteiger partial charge on any atom is -0.381 e. The Kier molecular flexibility index (Phi) is 3.80. The Labute approximate surface area is 85.9 Å². The molecule has 2 aliphatic heterocycles.